The zero-order valence-corrected chi connectivity index (χ0v) is 11.2. The first kappa shape index (κ1) is 12.4. The molecule has 1 saturated heterocycles. The van der Waals surface area contributed by atoms with Gasteiger partial charge in [0.1, 0.15) is 0 Å². The molecular weight excluding hydrogens is 196 g/mol. The highest BCUT2D eigenvalue weighted by Gasteiger charge is 2.32. The second kappa shape index (κ2) is 5.50. The van der Waals surface area contributed by atoms with Crippen LogP contribution in [0.5, 0.6) is 0 Å². The first-order chi connectivity index (χ1) is 7.70. The smallest absolute Gasteiger partial charge is 0.0145 e. The van der Waals surface area contributed by atoms with Gasteiger partial charge in [-0.05, 0) is 51.2 Å². The van der Waals surface area contributed by atoms with E-state index in [1.165, 1.54) is 45.2 Å². The average Bonchev–Trinajstić information content (AvgIpc) is 2.29. The van der Waals surface area contributed by atoms with Crippen LogP contribution >= 0.6 is 0 Å². The molecule has 0 amide bonds. The zero-order chi connectivity index (χ0) is 11.5. The molecule has 0 bridgehead atoms. The SMILES string of the molecule is CC1CCCCC1N(C)C1CCNCC1C. The molecule has 2 rings (SSSR count). The number of rotatable bonds is 2. The van der Waals surface area contributed by atoms with Crippen LogP contribution in [0.3, 0.4) is 0 Å². The molecule has 94 valence electrons. The molecule has 0 spiro atoms. The van der Waals surface area contributed by atoms with Crippen molar-refractivity contribution in [2.75, 3.05) is 20.1 Å². The van der Waals surface area contributed by atoms with Gasteiger partial charge in [-0.15, -0.1) is 0 Å². The van der Waals surface area contributed by atoms with Gasteiger partial charge >= 0.3 is 0 Å². The highest BCUT2D eigenvalue weighted by Crippen LogP contribution is 2.30. The number of piperidine rings is 1. The first-order valence-corrected chi connectivity index (χ1v) is 7.13. The molecule has 2 aliphatic rings. The van der Waals surface area contributed by atoms with Gasteiger partial charge in [0.15, 0.2) is 0 Å². The predicted molar refractivity (Wildman–Crippen MR) is 69.6 cm³/mol. The molecule has 0 radical (unpaired) electrons. The van der Waals surface area contributed by atoms with Gasteiger partial charge in [0.25, 0.3) is 0 Å². The molecule has 0 aromatic rings. The van der Waals surface area contributed by atoms with Gasteiger partial charge in [-0.3, -0.25) is 4.90 Å². The van der Waals surface area contributed by atoms with E-state index in [1.807, 2.05) is 0 Å². The van der Waals surface area contributed by atoms with Crippen LogP contribution in [0.2, 0.25) is 0 Å². The second-order valence-electron chi connectivity index (χ2n) is 6.03. The third kappa shape index (κ3) is 2.60. The molecule has 4 unspecified atom stereocenters. The molecule has 1 aliphatic carbocycles. The van der Waals surface area contributed by atoms with Crippen molar-refractivity contribution in [3.8, 4) is 0 Å². The molecule has 2 nitrogen and oxygen atoms in total. The molecule has 0 aromatic heterocycles. The second-order valence-corrected chi connectivity index (χ2v) is 6.03. The largest absolute Gasteiger partial charge is 0.316 e. The van der Waals surface area contributed by atoms with Crippen molar-refractivity contribution in [1.29, 1.82) is 0 Å². The van der Waals surface area contributed by atoms with Crippen molar-refractivity contribution in [2.45, 2.75) is 58.0 Å². The Kier molecular flexibility index (Phi) is 4.26. The average molecular weight is 224 g/mol. The van der Waals surface area contributed by atoms with Crippen molar-refractivity contribution < 1.29 is 0 Å². The van der Waals surface area contributed by atoms with Gasteiger partial charge in [-0.2, -0.15) is 0 Å². The summed E-state index contributed by atoms with van der Waals surface area (Å²) in [4.78, 5) is 2.72. The standard InChI is InChI=1S/C14H28N2/c1-11-6-4-5-7-13(11)16(3)14-8-9-15-10-12(14)2/h11-15H,4-10H2,1-3H3. The molecule has 4 atom stereocenters. The summed E-state index contributed by atoms with van der Waals surface area (Å²) in [6, 6.07) is 1.66. The van der Waals surface area contributed by atoms with Gasteiger partial charge in [0, 0.05) is 12.1 Å². The summed E-state index contributed by atoms with van der Waals surface area (Å²) in [7, 11) is 2.37. The van der Waals surface area contributed by atoms with Crippen LogP contribution in [0.25, 0.3) is 0 Å². The molecule has 1 heterocycles. The van der Waals surface area contributed by atoms with E-state index < -0.39 is 0 Å². The Balaban J connectivity index is 1.96. The Hall–Kier alpha value is -0.0800. The van der Waals surface area contributed by atoms with Crippen LogP contribution in [-0.4, -0.2) is 37.1 Å². The highest BCUT2D eigenvalue weighted by atomic mass is 15.2. The summed E-state index contributed by atoms with van der Waals surface area (Å²) in [5.74, 6) is 1.72. The van der Waals surface area contributed by atoms with Crippen LogP contribution in [0, 0.1) is 11.8 Å². The van der Waals surface area contributed by atoms with E-state index in [2.05, 4.69) is 31.1 Å². The number of nitrogens with one attached hydrogen (secondary N) is 1. The van der Waals surface area contributed by atoms with E-state index >= 15 is 0 Å². The minimum Gasteiger partial charge on any atom is -0.316 e. The summed E-state index contributed by atoms with van der Waals surface area (Å²) in [5.41, 5.74) is 0. The lowest BCUT2D eigenvalue weighted by Gasteiger charge is -2.44. The zero-order valence-electron chi connectivity index (χ0n) is 11.2. The van der Waals surface area contributed by atoms with Crippen LogP contribution in [-0.2, 0) is 0 Å². The third-order valence-corrected chi connectivity index (χ3v) is 4.85. The van der Waals surface area contributed by atoms with Gasteiger partial charge in [-0.1, -0.05) is 26.7 Å². The highest BCUT2D eigenvalue weighted by molar-refractivity contribution is 4.88. The normalized spacial score (nSPS) is 41.2. The summed E-state index contributed by atoms with van der Waals surface area (Å²) < 4.78 is 0. The van der Waals surface area contributed by atoms with Gasteiger partial charge in [0.05, 0.1) is 0 Å². The van der Waals surface area contributed by atoms with Crippen molar-refractivity contribution in [1.82, 2.24) is 10.2 Å². The molecule has 1 N–H and O–H groups in total. The first-order valence-electron chi connectivity index (χ1n) is 7.13. The lowest BCUT2D eigenvalue weighted by molar-refractivity contribution is 0.0561. The van der Waals surface area contributed by atoms with Crippen molar-refractivity contribution in [3.05, 3.63) is 0 Å². The molecular formula is C14H28N2. The Bertz CT molecular complexity index is 195. The van der Waals surface area contributed by atoms with Gasteiger partial charge in [0.2, 0.25) is 0 Å². The van der Waals surface area contributed by atoms with Crippen LogP contribution in [0.4, 0.5) is 0 Å². The monoisotopic (exact) mass is 224 g/mol. The molecule has 2 heteroatoms. The van der Waals surface area contributed by atoms with Crippen molar-refractivity contribution >= 4 is 0 Å². The molecule has 2 fully saturated rings. The van der Waals surface area contributed by atoms with E-state index in [0.717, 1.165) is 23.9 Å². The topological polar surface area (TPSA) is 15.3 Å². The maximum absolute atomic E-state index is 3.51. The van der Waals surface area contributed by atoms with E-state index in [4.69, 9.17) is 0 Å². The Morgan fingerprint density at radius 3 is 2.31 bits per heavy atom. The maximum Gasteiger partial charge on any atom is 0.0145 e. The van der Waals surface area contributed by atoms with E-state index in [0.29, 0.717) is 0 Å². The third-order valence-electron chi connectivity index (χ3n) is 4.85. The number of nitrogens with zero attached hydrogens (tertiary/aromatic N) is 1. The molecule has 1 saturated carbocycles. The fraction of sp³-hybridized carbons (Fsp3) is 1.00. The van der Waals surface area contributed by atoms with E-state index in [-0.39, 0.29) is 0 Å². The van der Waals surface area contributed by atoms with Crippen LogP contribution in [0.1, 0.15) is 46.0 Å². The minimum atomic E-state index is 0.812. The van der Waals surface area contributed by atoms with Crippen molar-refractivity contribution in [3.63, 3.8) is 0 Å². The molecule has 1 aliphatic heterocycles. The van der Waals surface area contributed by atoms with Crippen molar-refractivity contribution in [2.24, 2.45) is 11.8 Å². The quantitative estimate of drug-likeness (QED) is 0.775. The Morgan fingerprint density at radius 2 is 1.62 bits per heavy atom. The van der Waals surface area contributed by atoms with E-state index in [1.54, 1.807) is 0 Å². The lowest BCUT2D eigenvalue weighted by atomic mass is 9.82. The summed E-state index contributed by atoms with van der Waals surface area (Å²) >= 11 is 0. The number of hydrogen-bond donors (Lipinski definition) is 1. The number of hydrogen-bond acceptors (Lipinski definition) is 2. The van der Waals surface area contributed by atoms with Gasteiger partial charge < -0.3 is 5.32 Å². The predicted octanol–water partition coefficient (Wildman–Crippen LogP) is 2.49. The summed E-state index contributed by atoms with van der Waals surface area (Å²) in [6.45, 7) is 7.27. The Labute approximate surface area is 101 Å². The van der Waals surface area contributed by atoms with Crippen LogP contribution < -0.4 is 5.32 Å². The van der Waals surface area contributed by atoms with E-state index in [9.17, 15) is 0 Å². The fourth-order valence-electron chi connectivity index (χ4n) is 3.75. The van der Waals surface area contributed by atoms with Crippen LogP contribution in [0.15, 0.2) is 0 Å². The summed E-state index contributed by atoms with van der Waals surface area (Å²) in [5, 5.41) is 3.51. The Morgan fingerprint density at radius 1 is 0.938 bits per heavy atom. The fourth-order valence-corrected chi connectivity index (χ4v) is 3.75. The summed E-state index contributed by atoms with van der Waals surface area (Å²) in [6.07, 6.45) is 7.09. The maximum atomic E-state index is 3.51. The van der Waals surface area contributed by atoms with Gasteiger partial charge in [-0.25, -0.2) is 0 Å². The molecule has 16 heavy (non-hydrogen) atoms. The minimum absolute atomic E-state index is 0.812. The lowest BCUT2D eigenvalue weighted by Crippen LogP contribution is -2.52. The molecule has 0 aromatic carbocycles.